The number of thiazole rings is 1. The molecule has 1 unspecified atom stereocenters. The molecule has 222 valence electrons. The largest absolute Gasteiger partial charge is 0.481 e. The van der Waals surface area contributed by atoms with Crippen LogP contribution >= 0.6 is 11.3 Å². The number of esters is 1. The zero-order valence-corrected chi connectivity index (χ0v) is 23.9. The van der Waals surface area contributed by atoms with Crippen LogP contribution in [0.25, 0.3) is 0 Å². The van der Waals surface area contributed by atoms with Crippen LogP contribution in [0.3, 0.4) is 0 Å². The SMILES string of the molecule is COC(=O)C1=C(CN2CCN3C(=O)N(CC4(C(=O)O)CC4)CC3C2)NC(c2nccs2)=N[C@H]1c1ccc(F)c(F)c1C. The summed E-state index contributed by atoms with van der Waals surface area (Å²) in [5, 5.41) is 15.2. The number of hydrogen-bond acceptors (Lipinski definition) is 9. The molecule has 1 aromatic heterocycles. The third kappa shape index (κ3) is 4.91. The van der Waals surface area contributed by atoms with Gasteiger partial charge in [0.1, 0.15) is 6.04 Å². The molecule has 14 heteroatoms. The van der Waals surface area contributed by atoms with Crippen LogP contribution in [0, 0.1) is 24.0 Å². The Balaban J connectivity index is 1.29. The quantitative estimate of drug-likeness (QED) is 0.443. The average Bonchev–Trinajstić information content (AvgIpc) is 3.42. The van der Waals surface area contributed by atoms with E-state index in [0.29, 0.717) is 61.1 Å². The van der Waals surface area contributed by atoms with E-state index in [1.165, 1.54) is 31.4 Å². The third-order valence-electron chi connectivity index (χ3n) is 8.54. The highest BCUT2D eigenvalue weighted by molar-refractivity contribution is 7.11. The van der Waals surface area contributed by atoms with Crippen molar-refractivity contribution in [2.24, 2.45) is 10.4 Å². The first-order valence-electron chi connectivity index (χ1n) is 13.6. The van der Waals surface area contributed by atoms with Crippen LogP contribution in [0.4, 0.5) is 13.6 Å². The summed E-state index contributed by atoms with van der Waals surface area (Å²) in [6.45, 7) is 3.80. The number of nitrogens with zero attached hydrogens (tertiary/aromatic N) is 5. The van der Waals surface area contributed by atoms with Crippen molar-refractivity contribution < 1.29 is 33.0 Å². The van der Waals surface area contributed by atoms with Gasteiger partial charge in [0, 0.05) is 56.5 Å². The molecule has 4 aliphatic rings. The average molecular weight is 601 g/mol. The Kier molecular flexibility index (Phi) is 7.21. The number of piperazine rings is 1. The highest BCUT2D eigenvalue weighted by Crippen LogP contribution is 2.47. The Morgan fingerprint density at radius 2 is 2.02 bits per heavy atom. The smallest absolute Gasteiger partial charge is 0.338 e. The minimum atomic E-state index is -1.01. The minimum Gasteiger partial charge on any atom is -0.481 e. The van der Waals surface area contributed by atoms with E-state index in [9.17, 15) is 28.3 Å². The summed E-state index contributed by atoms with van der Waals surface area (Å²) in [6, 6.07) is 1.18. The van der Waals surface area contributed by atoms with Crippen molar-refractivity contribution in [1.29, 1.82) is 0 Å². The normalized spacial score (nSPS) is 23.4. The number of aromatic nitrogens is 1. The number of fused-ring (bicyclic) bond motifs is 1. The Bertz CT molecular complexity index is 1510. The molecule has 3 fully saturated rings. The molecule has 6 rings (SSSR count). The number of urea groups is 1. The van der Waals surface area contributed by atoms with Crippen molar-refractivity contribution in [3.05, 3.63) is 62.7 Å². The van der Waals surface area contributed by atoms with Gasteiger partial charge in [-0.25, -0.2) is 23.4 Å². The first-order valence-corrected chi connectivity index (χ1v) is 14.5. The summed E-state index contributed by atoms with van der Waals surface area (Å²) in [4.78, 5) is 52.6. The van der Waals surface area contributed by atoms with E-state index in [4.69, 9.17) is 9.73 Å². The number of amides is 2. The van der Waals surface area contributed by atoms with E-state index < -0.39 is 35.0 Å². The van der Waals surface area contributed by atoms with Gasteiger partial charge in [-0.15, -0.1) is 11.3 Å². The zero-order valence-electron chi connectivity index (χ0n) is 23.1. The standard InChI is InChI=1S/C28H30F2N6O5S/c1-15-17(3-4-18(29)21(15)30)22-20(25(37)41-2)19(32-23(33-22)24-31-7-10-42-24)13-34-8-9-36-16(11-34)12-35(27(36)40)14-28(5-6-28)26(38)39/h3-4,7,10,16,22H,5-6,8-9,11-14H2,1-2H3,(H,32,33)(H,38,39)/t16?,22-/m0/s1. The number of hydrogen-bond donors (Lipinski definition) is 2. The number of halogens is 2. The Labute approximate surface area is 244 Å². The number of rotatable bonds is 8. The lowest BCUT2D eigenvalue weighted by Gasteiger charge is -2.38. The predicted molar refractivity (Wildman–Crippen MR) is 148 cm³/mol. The molecular formula is C28H30F2N6O5S. The fourth-order valence-corrected chi connectivity index (χ4v) is 6.59. The number of ether oxygens (including phenoxy) is 1. The highest BCUT2D eigenvalue weighted by Gasteiger charge is 2.54. The van der Waals surface area contributed by atoms with Crippen LogP contribution in [-0.4, -0.2) is 101 Å². The van der Waals surface area contributed by atoms with Crippen molar-refractivity contribution >= 4 is 35.1 Å². The number of aliphatic imine (C=N–C) groups is 1. The summed E-state index contributed by atoms with van der Waals surface area (Å²) in [5.41, 5.74) is 0.202. The van der Waals surface area contributed by atoms with Crippen molar-refractivity contribution in [3.8, 4) is 0 Å². The van der Waals surface area contributed by atoms with Gasteiger partial charge < -0.3 is 25.0 Å². The number of nitrogens with one attached hydrogen (secondary N) is 1. The van der Waals surface area contributed by atoms with E-state index in [1.807, 2.05) is 0 Å². The van der Waals surface area contributed by atoms with Crippen LogP contribution in [-0.2, 0) is 14.3 Å². The maximum Gasteiger partial charge on any atom is 0.338 e. The first kappa shape index (κ1) is 28.2. The lowest BCUT2D eigenvalue weighted by Crippen LogP contribution is -2.53. The third-order valence-corrected chi connectivity index (χ3v) is 9.32. The number of carbonyl (C=O) groups is 3. The molecule has 1 aromatic carbocycles. The number of aliphatic carboxylic acids is 1. The second-order valence-corrected chi connectivity index (χ2v) is 12.0. The molecule has 2 saturated heterocycles. The number of amidine groups is 1. The second-order valence-electron chi connectivity index (χ2n) is 11.1. The summed E-state index contributed by atoms with van der Waals surface area (Å²) in [6.07, 6.45) is 2.76. The molecule has 11 nitrogen and oxygen atoms in total. The first-order chi connectivity index (χ1) is 20.1. The summed E-state index contributed by atoms with van der Waals surface area (Å²) in [5.74, 6) is -3.13. The Hall–Kier alpha value is -3.91. The summed E-state index contributed by atoms with van der Waals surface area (Å²) in [7, 11) is 1.25. The number of carboxylic acids is 1. The minimum absolute atomic E-state index is 0.0397. The number of carboxylic acid groups (broad SMARTS) is 1. The highest BCUT2D eigenvalue weighted by atomic mass is 32.1. The monoisotopic (exact) mass is 600 g/mol. The maximum absolute atomic E-state index is 14.7. The fraction of sp³-hybridized carbons (Fsp3) is 0.464. The molecule has 0 spiro atoms. The number of benzene rings is 1. The fourth-order valence-electron chi connectivity index (χ4n) is 6.01. The van der Waals surface area contributed by atoms with E-state index >= 15 is 0 Å². The van der Waals surface area contributed by atoms with Crippen molar-refractivity contribution in [1.82, 2.24) is 25.0 Å². The molecule has 0 bridgehead atoms. The molecule has 2 aromatic rings. The van der Waals surface area contributed by atoms with Crippen molar-refractivity contribution in [2.45, 2.75) is 31.8 Å². The summed E-state index contributed by atoms with van der Waals surface area (Å²) >= 11 is 1.34. The van der Waals surface area contributed by atoms with Gasteiger partial charge in [0.2, 0.25) is 0 Å². The van der Waals surface area contributed by atoms with Gasteiger partial charge in [-0.2, -0.15) is 0 Å². The van der Waals surface area contributed by atoms with E-state index in [2.05, 4.69) is 15.2 Å². The van der Waals surface area contributed by atoms with Gasteiger partial charge in [-0.05, 0) is 37.0 Å². The van der Waals surface area contributed by atoms with E-state index in [1.54, 1.807) is 21.4 Å². The van der Waals surface area contributed by atoms with Crippen LogP contribution in [0.15, 0.2) is 40.0 Å². The molecule has 1 aliphatic carbocycles. The van der Waals surface area contributed by atoms with Crippen LogP contribution < -0.4 is 5.32 Å². The zero-order chi connectivity index (χ0) is 29.8. The van der Waals surface area contributed by atoms with Crippen LogP contribution in [0.2, 0.25) is 0 Å². The molecule has 2 N–H and O–H groups in total. The van der Waals surface area contributed by atoms with E-state index in [-0.39, 0.29) is 36.3 Å². The number of methoxy groups -OCH3 is 1. The second kappa shape index (κ2) is 10.7. The predicted octanol–water partition coefficient (Wildman–Crippen LogP) is 2.53. The molecule has 4 heterocycles. The topological polar surface area (TPSA) is 128 Å². The Morgan fingerprint density at radius 1 is 1.24 bits per heavy atom. The van der Waals surface area contributed by atoms with Crippen molar-refractivity contribution in [3.63, 3.8) is 0 Å². The van der Waals surface area contributed by atoms with Gasteiger partial charge >= 0.3 is 18.0 Å². The van der Waals surface area contributed by atoms with Gasteiger partial charge in [-0.1, -0.05) is 6.07 Å². The van der Waals surface area contributed by atoms with Crippen molar-refractivity contribution in [2.75, 3.05) is 46.4 Å². The van der Waals surface area contributed by atoms with Gasteiger partial charge in [0.05, 0.1) is 24.1 Å². The lowest BCUT2D eigenvalue weighted by molar-refractivity contribution is -0.143. The molecule has 1 saturated carbocycles. The van der Waals surface area contributed by atoms with Crippen LogP contribution in [0.1, 0.15) is 35.0 Å². The van der Waals surface area contributed by atoms with Gasteiger partial charge in [0.15, 0.2) is 22.5 Å². The number of carbonyl (C=O) groups excluding carboxylic acids is 2. The lowest BCUT2D eigenvalue weighted by atomic mass is 9.92. The summed E-state index contributed by atoms with van der Waals surface area (Å²) < 4.78 is 33.8. The molecule has 0 radical (unpaired) electrons. The van der Waals surface area contributed by atoms with E-state index in [0.717, 1.165) is 6.07 Å². The molecular weight excluding hydrogens is 570 g/mol. The van der Waals surface area contributed by atoms with Gasteiger partial charge in [0.25, 0.3) is 0 Å². The molecule has 3 aliphatic heterocycles. The Morgan fingerprint density at radius 3 is 2.69 bits per heavy atom. The molecule has 2 amide bonds. The molecule has 42 heavy (non-hydrogen) atoms. The molecule has 2 atom stereocenters. The van der Waals surface area contributed by atoms with Crippen LogP contribution in [0.5, 0.6) is 0 Å². The maximum atomic E-state index is 14.7. The van der Waals surface area contributed by atoms with Gasteiger partial charge in [-0.3, -0.25) is 14.7 Å².